The molecular weight excluding hydrogens is 438 g/mol. The molecule has 0 saturated carbocycles. The lowest BCUT2D eigenvalue weighted by Crippen LogP contribution is -2.60. The summed E-state index contributed by atoms with van der Waals surface area (Å²) in [6.45, 7) is 4.62. The molecule has 0 spiro atoms. The third-order valence-electron chi connectivity index (χ3n) is 4.72. The van der Waals surface area contributed by atoms with E-state index in [0.717, 1.165) is 0 Å². The molecule has 0 saturated heterocycles. The van der Waals surface area contributed by atoms with Gasteiger partial charge in [0.15, 0.2) is 0 Å². The first kappa shape index (κ1) is 27.5. The molecule has 0 bridgehead atoms. The van der Waals surface area contributed by atoms with Gasteiger partial charge in [-0.1, -0.05) is 13.8 Å². The Bertz CT molecular complexity index is 842. The summed E-state index contributed by atoms with van der Waals surface area (Å²) in [6, 6.07) is -5.41. The highest BCUT2D eigenvalue weighted by Crippen LogP contribution is 2.04. The smallest absolute Gasteiger partial charge is 0.326 e. The van der Waals surface area contributed by atoms with E-state index in [-0.39, 0.29) is 12.3 Å². The number of aliphatic hydroxyl groups is 1. The Morgan fingerprint density at radius 2 is 1.64 bits per heavy atom. The van der Waals surface area contributed by atoms with Crippen LogP contribution in [0.5, 0.6) is 0 Å². The van der Waals surface area contributed by atoms with Gasteiger partial charge in [-0.25, -0.2) is 9.78 Å². The number of hydrogen-bond donors (Lipinski definition) is 8. The zero-order chi connectivity index (χ0) is 25.3. The zero-order valence-electron chi connectivity index (χ0n) is 18.6. The number of aromatic amines is 1. The summed E-state index contributed by atoms with van der Waals surface area (Å²) in [4.78, 5) is 67.0. The molecule has 1 aromatic heterocycles. The number of hydrogen-bond acceptors (Lipinski definition) is 8. The topological polar surface area (TPSA) is 243 Å². The van der Waals surface area contributed by atoms with Gasteiger partial charge in [-0.2, -0.15) is 0 Å². The monoisotopic (exact) mass is 469 g/mol. The van der Waals surface area contributed by atoms with Crippen molar-refractivity contribution in [2.24, 2.45) is 17.4 Å². The number of carboxylic acid groups (broad SMARTS) is 1. The van der Waals surface area contributed by atoms with E-state index in [9.17, 15) is 34.2 Å². The molecule has 5 atom stereocenters. The lowest BCUT2D eigenvalue weighted by atomic mass is 10.0. The molecule has 14 heteroatoms. The van der Waals surface area contributed by atoms with E-state index in [4.69, 9.17) is 11.5 Å². The molecule has 0 aliphatic carbocycles. The SMILES string of the molecule is CC(C)C(N)C(=O)NC(C(=O)NC(CC(N)=O)C(=O)NC(Cc1cnc[nH]1)C(=O)O)C(C)O. The number of nitrogens with one attached hydrogen (secondary N) is 4. The van der Waals surface area contributed by atoms with Gasteiger partial charge < -0.3 is 42.6 Å². The number of carbonyl (C=O) groups is 5. The van der Waals surface area contributed by atoms with E-state index in [0.29, 0.717) is 5.69 Å². The van der Waals surface area contributed by atoms with Crippen molar-refractivity contribution in [3.05, 3.63) is 18.2 Å². The van der Waals surface area contributed by atoms with Gasteiger partial charge in [0.05, 0.1) is 24.9 Å². The van der Waals surface area contributed by atoms with Gasteiger partial charge in [0, 0.05) is 18.3 Å². The average Bonchev–Trinajstić information content (AvgIpc) is 3.22. The van der Waals surface area contributed by atoms with E-state index in [1.165, 1.54) is 19.4 Å². The van der Waals surface area contributed by atoms with E-state index < -0.39 is 66.3 Å². The molecule has 5 unspecified atom stereocenters. The number of nitrogens with zero attached hydrogens (tertiary/aromatic N) is 1. The first-order chi connectivity index (χ1) is 15.3. The Morgan fingerprint density at radius 3 is 2.09 bits per heavy atom. The maximum absolute atomic E-state index is 12.7. The van der Waals surface area contributed by atoms with Crippen LogP contribution in [0.25, 0.3) is 0 Å². The molecule has 0 aliphatic rings. The number of H-pyrrole nitrogens is 1. The molecule has 1 aromatic rings. The molecule has 10 N–H and O–H groups in total. The summed E-state index contributed by atoms with van der Waals surface area (Å²) >= 11 is 0. The highest BCUT2D eigenvalue weighted by molar-refractivity contribution is 5.96. The fraction of sp³-hybridized carbons (Fsp3) is 0.579. The highest BCUT2D eigenvalue weighted by Gasteiger charge is 2.33. The van der Waals surface area contributed by atoms with Crippen molar-refractivity contribution in [1.29, 1.82) is 0 Å². The second-order valence-corrected chi connectivity index (χ2v) is 7.91. The second-order valence-electron chi connectivity index (χ2n) is 7.91. The van der Waals surface area contributed by atoms with Crippen LogP contribution >= 0.6 is 0 Å². The third kappa shape index (κ3) is 8.86. The minimum atomic E-state index is -1.56. The maximum Gasteiger partial charge on any atom is 0.326 e. The van der Waals surface area contributed by atoms with Crippen LogP contribution in [0.1, 0.15) is 32.9 Å². The molecule has 184 valence electrons. The van der Waals surface area contributed by atoms with Crippen LogP contribution in [-0.2, 0) is 30.4 Å². The molecule has 1 rings (SSSR count). The Morgan fingerprint density at radius 1 is 1.03 bits per heavy atom. The number of aliphatic hydroxyl groups excluding tert-OH is 1. The van der Waals surface area contributed by atoms with E-state index >= 15 is 0 Å². The number of aliphatic carboxylic acids is 1. The Kier molecular flexibility index (Phi) is 10.4. The van der Waals surface area contributed by atoms with Crippen molar-refractivity contribution >= 4 is 29.6 Å². The largest absolute Gasteiger partial charge is 0.480 e. The van der Waals surface area contributed by atoms with E-state index in [1.807, 2.05) is 0 Å². The van der Waals surface area contributed by atoms with E-state index in [2.05, 4.69) is 25.9 Å². The number of rotatable bonds is 13. The Balaban J connectivity index is 2.97. The maximum atomic E-state index is 12.7. The number of nitrogens with two attached hydrogens (primary N) is 2. The van der Waals surface area contributed by atoms with Crippen LogP contribution in [0.4, 0.5) is 0 Å². The van der Waals surface area contributed by atoms with Gasteiger partial charge in [0.2, 0.25) is 23.6 Å². The standard InChI is InChI=1S/C19H31N7O7/c1-8(2)14(21)17(30)26-15(9(3)27)18(31)24-11(5-13(20)28)16(29)25-12(19(32)33)4-10-6-22-7-23-10/h6-9,11-12,14-15,27H,4-5,21H2,1-3H3,(H2,20,28)(H,22,23)(H,24,31)(H,25,29)(H,26,30)(H,32,33). The Hall–Kier alpha value is -3.52. The number of imidazole rings is 1. The lowest BCUT2D eigenvalue weighted by molar-refractivity contribution is -0.142. The summed E-state index contributed by atoms with van der Waals surface area (Å²) in [5.41, 5.74) is 11.3. The summed E-state index contributed by atoms with van der Waals surface area (Å²) in [5, 5.41) is 26.1. The number of carboxylic acids is 1. The number of amides is 4. The normalized spacial score (nSPS) is 15.6. The molecular formula is C19H31N7O7. The summed E-state index contributed by atoms with van der Waals surface area (Å²) in [6.07, 6.45) is 0.542. The molecule has 0 radical (unpaired) electrons. The van der Waals surface area contributed by atoms with Crippen LogP contribution in [0.2, 0.25) is 0 Å². The minimum absolute atomic E-state index is 0.141. The van der Waals surface area contributed by atoms with Gasteiger partial charge >= 0.3 is 5.97 Å². The quantitative estimate of drug-likeness (QED) is 0.144. The van der Waals surface area contributed by atoms with Crippen LogP contribution < -0.4 is 27.4 Å². The van der Waals surface area contributed by atoms with Crippen molar-refractivity contribution in [3.8, 4) is 0 Å². The predicted molar refractivity (Wildman–Crippen MR) is 114 cm³/mol. The van der Waals surface area contributed by atoms with Crippen molar-refractivity contribution in [2.75, 3.05) is 0 Å². The lowest BCUT2D eigenvalue weighted by Gasteiger charge is -2.26. The number of carbonyl (C=O) groups excluding carboxylic acids is 4. The van der Waals surface area contributed by atoms with Crippen molar-refractivity contribution in [2.45, 2.75) is 63.9 Å². The second kappa shape index (κ2) is 12.5. The first-order valence-corrected chi connectivity index (χ1v) is 10.2. The van der Waals surface area contributed by atoms with Crippen molar-refractivity contribution in [1.82, 2.24) is 25.9 Å². The predicted octanol–water partition coefficient (Wildman–Crippen LogP) is -3.27. The zero-order valence-corrected chi connectivity index (χ0v) is 18.6. The van der Waals surface area contributed by atoms with Crippen LogP contribution in [0, 0.1) is 5.92 Å². The number of aromatic nitrogens is 2. The molecule has 4 amide bonds. The van der Waals surface area contributed by atoms with Gasteiger partial charge in [0.1, 0.15) is 18.1 Å². The van der Waals surface area contributed by atoms with Crippen LogP contribution in [0.3, 0.4) is 0 Å². The first-order valence-electron chi connectivity index (χ1n) is 10.2. The molecule has 14 nitrogen and oxygen atoms in total. The number of primary amides is 1. The molecule has 0 aliphatic heterocycles. The molecule has 0 aromatic carbocycles. The summed E-state index contributed by atoms with van der Waals surface area (Å²) < 4.78 is 0. The van der Waals surface area contributed by atoms with Crippen LogP contribution in [0.15, 0.2) is 12.5 Å². The van der Waals surface area contributed by atoms with Gasteiger partial charge in [-0.15, -0.1) is 0 Å². The highest BCUT2D eigenvalue weighted by atomic mass is 16.4. The van der Waals surface area contributed by atoms with Gasteiger partial charge in [0.25, 0.3) is 0 Å². The van der Waals surface area contributed by atoms with Crippen LogP contribution in [-0.4, -0.2) is 80.1 Å². The fourth-order valence-electron chi connectivity index (χ4n) is 2.72. The molecule has 0 fully saturated rings. The molecule has 1 heterocycles. The van der Waals surface area contributed by atoms with Gasteiger partial charge in [-0.3, -0.25) is 19.2 Å². The fourth-order valence-corrected chi connectivity index (χ4v) is 2.72. The Labute approximate surface area is 189 Å². The third-order valence-corrected chi connectivity index (χ3v) is 4.72. The summed E-state index contributed by atoms with van der Waals surface area (Å²) in [7, 11) is 0. The van der Waals surface area contributed by atoms with E-state index in [1.54, 1.807) is 13.8 Å². The van der Waals surface area contributed by atoms with Crippen molar-refractivity contribution in [3.63, 3.8) is 0 Å². The van der Waals surface area contributed by atoms with Gasteiger partial charge in [-0.05, 0) is 12.8 Å². The average molecular weight is 469 g/mol. The summed E-state index contributed by atoms with van der Waals surface area (Å²) in [5.74, 6) is -5.25. The molecule has 33 heavy (non-hydrogen) atoms. The van der Waals surface area contributed by atoms with Crippen molar-refractivity contribution < 1.29 is 34.2 Å². The minimum Gasteiger partial charge on any atom is -0.480 e.